The minimum absolute atomic E-state index is 0.266. The third kappa shape index (κ3) is 1.70. The monoisotopic (exact) mass is 197 g/mol. The number of rotatable bonds is 2. The molecule has 2 rings (SSSR count). The molecule has 1 aliphatic heterocycles. The van der Waals surface area contributed by atoms with E-state index in [0.717, 1.165) is 19.5 Å². The van der Waals surface area contributed by atoms with Crippen LogP contribution < -0.4 is 4.90 Å². The van der Waals surface area contributed by atoms with Crippen LogP contribution in [0.5, 0.6) is 0 Å². The minimum Gasteiger partial charge on any atom is -0.379 e. The van der Waals surface area contributed by atoms with Crippen molar-refractivity contribution >= 4 is 5.95 Å². The molecule has 6 nitrogen and oxygen atoms in total. The third-order valence-corrected chi connectivity index (χ3v) is 2.81. The third-order valence-electron chi connectivity index (χ3n) is 2.81. The normalized spacial score (nSPS) is 28.0. The molecule has 78 valence electrons. The molecule has 1 N–H and O–H groups in total. The maximum absolute atomic E-state index is 5.40. The molecule has 1 fully saturated rings. The van der Waals surface area contributed by atoms with Crippen molar-refractivity contribution in [1.29, 1.82) is 0 Å². The van der Waals surface area contributed by atoms with Gasteiger partial charge in [-0.15, -0.1) is 5.10 Å². The van der Waals surface area contributed by atoms with E-state index in [4.69, 9.17) is 4.74 Å². The highest BCUT2D eigenvalue weighted by molar-refractivity contribution is 5.27. The van der Waals surface area contributed by atoms with Crippen molar-refractivity contribution in [2.24, 2.45) is 5.92 Å². The molecule has 1 aromatic heterocycles. The van der Waals surface area contributed by atoms with E-state index in [2.05, 4.69) is 32.4 Å². The molecule has 1 saturated heterocycles. The first kappa shape index (κ1) is 9.39. The highest BCUT2D eigenvalue weighted by Gasteiger charge is 2.27. The Kier molecular flexibility index (Phi) is 2.62. The predicted molar refractivity (Wildman–Crippen MR) is 51.0 cm³/mol. The summed E-state index contributed by atoms with van der Waals surface area (Å²) in [5, 5.41) is 13.9. The highest BCUT2D eigenvalue weighted by atomic mass is 16.5. The van der Waals surface area contributed by atoms with E-state index in [-0.39, 0.29) is 6.10 Å². The van der Waals surface area contributed by atoms with Gasteiger partial charge in [0.15, 0.2) is 0 Å². The number of methoxy groups -OCH3 is 1. The van der Waals surface area contributed by atoms with Crippen molar-refractivity contribution in [3.8, 4) is 0 Å². The van der Waals surface area contributed by atoms with E-state index >= 15 is 0 Å². The summed E-state index contributed by atoms with van der Waals surface area (Å²) in [5.41, 5.74) is 0. The van der Waals surface area contributed by atoms with Gasteiger partial charge in [-0.1, -0.05) is 12.0 Å². The largest absolute Gasteiger partial charge is 0.379 e. The number of hydrogen-bond donors (Lipinski definition) is 1. The van der Waals surface area contributed by atoms with Gasteiger partial charge in [-0.25, -0.2) is 0 Å². The van der Waals surface area contributed by atoms with Crippen LogP contribution in [0, 0.1) is 5.92 Å². The fourth-order valence-corrected chi connectivity index (χ4v) is 1.81. The second kappa shape index (κ2) is 3.91. The van der Waals surface area contributed by atoms with Crippen molar-refractivity contribution < 1.29 is 4.74 Å². The molecule has 2 heterocycles. The number of hydrogen-bond acceptors (Lipinski definition) is 5. The van der Waals surface area contributed by atoms with Crippen LogP contribution in [0.2, 0.25) is 0 Å². The molecule has 0 amide bonds. The summed E-state index contributed by atoms with van der Waals surface area (Å²) < 4.78 is 5.40. The molecule has 6 heteroatoms. The lowest BCUT2D eigenvalue weighted by atomic mass is 9.96. The zero-order chi connectivity index (χ0) is 9.97. The molecular weight excluding hydrogens is 182 g/mol. The van der Waals surface area contributed by atoms with E-state index in [0.29, 0.717) is 11.9 Å². The molecule has 1 aliphatic rings. The summed E-state index contributed by atoms with van der Waals surface area (Å²) in [6.07, 6.45) is 1.37. The summed E-state index contributed by atoms with van der Waals surface area (Å²) in [6, 6.07) is 0. The molecule has 0 spiro atoms. The van der Waals surface area contributed by atoms with Gasteiger partial charge >= 0.3 is 0 Å². The average Bonchev–Trinajstić information content (AvgIpc) is 2.71. The minimum atomic E-state index is 0.266. The predicted octanol–water partition coefficient (Wildman–Crippen LogP) is 0.0609. The van der Waals surface area contributed by atoms with Crippen LogP contribution in [0.4, 0.5) is 5.95 Å². The van der Waals surface area contributed by atoms with Crippen LogP contribution in [0.25, 0.3) is 0 Å². The lowest BCUT2D eigenvalue weighted by Gasteiger charge is -2.35. The lowest BCUT2D eigenvalue weighted by molar-refractivity contribution is 0.0494. The average molecular weight is 197 g/mol. The quantitative estimate of drug-likeness (QED) is 0.726. The van der Waals surface area contributed by atoms with Crippen molar-refractivity contribution in [1.82, 2.24) is 20.6 Å². The van der Waals surface area contributed by atoms with E-state index in [9.17, 15) is 0 Å². The van der Waals surface area contributed by atoms with E-state index in [1.54, 1.807) is 7.11 Å². The number of aromatic amines is 1. The number of anilines is 1. The van der Waals surface area contributed by atoms with Crippen molar-refractivity contribution in [3.05, 3.63) is 0 Å². The number of H-pyrrole nitrogens is 1. The first-order valence-electron chi connectivity index (χ1n) is 4.82. The topological polar surface area (TPSA) is 66.9 Å². The van der Waals surface area contributed by atoms with Gasteiger partial charge in [0.1, 0.15) is 0 Å². The zero-order valence-corrected chi connectivity index (χ0v) is 8.47. The lowest BCUT2D eigenvalue weighted by Crippen LogP contribution is -2.44. The molecule has 0 radical (unpaired) electrons. The van der Waals surface area contributed by atoms with Gasteiger partial charge in [-0.05, 0) is 17.6 Å². The van der Waals surface area contributed by atoms with E-state index < -0.39 is 0 Å². The molecule has 2 unspecified atom stereocenters. The number of ether oxygens (including phenoxy) is 1. The zero-order valence-electron chi connectivity index (χ0n) is 8.47. The fraction of sp³-hybridized carbons (Fsp3) is 0.875. The van der Waals surface area contributed by atoms with E-state index in [1.165, 1.54) is 0 Å². The molecule has 0 saturated carbocycles. The Balaban J connectivity index is 2.03. The van der Waals surface area contributed by atoms with Gasteiger partial charge in [0.05, 0.1) is 6.10 Å². The second-order valence-electron chi connectivity index (χ2n) is 3.70. The summed E-state index contributed by atoms with van der Waals surface area (Å²) in [7, 11) is 1.75. The summed E-state index contributed by atoms with van der Waals surface area (Å²) in [6.45, 7) is 4.03. The Bertz CT molecular complexity index is 275. The first-order valence-corrected chi connectivity index (χ1v) is 4.82. The van der Waals surface area contributed by atoms with Gasteiger partial charge in [-0.3, -0.25) is 0 Å². The van der Waals surface area contributed by atoms with Crippen molar-refractivity contribution in [3.63, 3.8) is 0 Å². The summed E-state index contributed by atoms with van der Waals surface area (Å²) in [4.78, 5) is 2.09. The number of tetrazole rings is 1. The molecule has 1 aromatic rings. The Labute approximate surface area is 82.6 Å². The number of piperidine rings is 1. The van der Waals surface area contributed by atoms with Gasteiger partial charge in [0.2, 0.25) is 0 Å². The smallest absolute Gasteiger partial charge is 0.265 e. The number of nitrogens with zero attached hydrogens (tertiary/aromatic N) is 4. The highest BCUT2D eigenvalue weighted by Crippen LogP contribution is 2.21. The van der Waals surface area contributed by atoms with Crippen molar-refractivity contribution in [2.45, 2.75) is 19.4 Å². The molecule has 2 atom stereocenters. The summed E-state index contributed by atoms with van der Waals surface area (Å²) >= 11 is 0. The maximum atomic E-state index is 5.40. The Morgan fingerprint density at radius 3 is 3.07 bits per heavy atom. The van der Waals surface area contributed by atoms with Crippen LogP contribution in [-0.4, -0.2) is 46.9 Å². The first-order chi connectivity index (χ1) is 6.81. The van der Waals surface area contributed by atoms with Crippen LogP contribution in [0.3, 0.4) is 0 Å². The summed E-state index contributed by atoms with van der Waals surface area (Å²) in [5.74, 6) is 1.27. The number of nitrogens with one attached hydrogen (secondary N) is 1. The van der Waals surface area contributed by atoms with Crippen LogP contribution in [0.1, 0.15) is 13.3 Å². The fourth-order valence-electron chi connectivity index (χ4n) is 1.81. The van der Waals surface area contributed by atoms with Gasteiger partial charge in [-0.2, -0.15) is 5.21 Å². The van der Waals surface area contributed by atoms with Gasteiger partial charge < -0.3 is 9.64 Å². The van der Waals surface area contributed by atoms with Crippen LogP contribution in [-0.2, 0) is 4.74 Å². The molecule has 0 aromatic carbocycles. The Morgan fingerprint density at radius 2 is 2.43 bits per heavy atom. The van der Waals surface area contributed by atoms with E-state index in [1.807, 2.05) is 0 Å². The SMILES string of the molecule is COC1CN(c2nn[nH]n2)CCC1C. The van der Waals surface area contributed by atoms with Crippen molar-refractivity contribution in [2.75, 3.05) is 25.1 Å². The molecular formula is C8H15N5O. The Hall–Kier alpha value is -1.17. The van der Waals surface area contributed by atoms with Gasteiger partial charge in [0.25, 0.3) is 5.95 Å². The molecule has 14 heavy (non-hydrogen) atoms. The van der Waals surface area contributed by atoms with Crippen LogP contribution in [0.15, 0.2) is 0 Å². The molecule has 0 aliphatic carbocycles. The van der Waals surface area contributed by atoms with Crippen LogP contribution >= 0.6 is 0 Å². The molecule has 0 bridgehead atoms. The Morgan fingerprint density at radius 1 is 1.57 bits per heavy atom. The van der Waals surface area contributed by atoms with Gasteiger partial charge in [0, 0.05) is 20.2 Å². The number of aromatic nitrogens is 4. The standard InChI is InChI=1S/C8H15N5O/c1-6-3-4-13(5-7(6)14-2)8-9-11-12-10-8/h6-7H,3-5H2,1-2H3,(H,9,10,11,12). The second-order valence-corrected chi connectivity index (χ2v) is 3.70. The maximum Gasteiger partial charge on any atom is 0.265 e.